The second-order valence-electron chi connectivity index (χ2n) is 4.79. The largest absolute Gasteiger partial charge is 0.493 e. The predicted molar refractivity (Wildman–Crippen MR) is 76.3 cm³/mol. The minimum Gasteiger partial charge on any atom is -0.493 e. The standard InChI is InChI=1S/C15H23NO4/c1-18-14-4-2-3-12(11-16-13-5-6-13)15(14)20-10-9-19-8-7-17/h2-4,13,16-17H,5-11H2,1H3. The van der Waals surface area contributed by atoms with Gasteiger partial charge in [-0.1, -0.05) is 12.1 Å². The highest BCUT2D eigenvalue weighted by Crippen LogP contribution is 2.31. The molecule has 20 heavy (non-hydrogen) atoms. The lowest BCUT2D eigenvalue weighted by molar-refractivity contribution is 0.0696. The number of nitrogens with one attached hydrogen (secondary N) is 1. The van der Waals surface area contributed by atoms with Crippen LogP contribution in [-0.2, 0) is 11.3 Å². The van der Waals surface area contributed by atoms with Gasteiger partial charge in [0.15, 0.2) is 11.5 Å². The summed E-state index contributed by atoms with van der Waals surface area (Å²) in [7, 11) is 1.64. The van der Waals surface area contributed by atoms with Crippen LogP contribution < -0.4 is 14.8 Å². The molecule has 1 aromatic rings. The van der Waals surface area contributed by atoms with Crippen molar-refractivity contribution in [2.75, 3.05) is 33.5 Å². The van der Waals surface area contributed by atoms with Gasteiger partial charge in [0.1, 0.15) is 6.61 Å². The van der Waals surface area contributed by atoms with Crippen molar-refractivity contribution in [1.82, 2.24) is 5.32 Å². The molecule has 0 amide bonds. The van der Waals surface area contributed by atoms with Crippen LogP contribution in [0.3, 0.4) is 0 Å². The van der Waals surface area contributed by atoms with Gasteiger partial charge in [0.2, 0.25) is 0 Å². The Morgan fingerprint density at radius 1 is 1.25 bits per heavy atom. The van der Waals surface area contributed by atoms with Crippen molar-refractivity contribution in [1.29, 1.82) is 0 Å². The molecular weight excluding hydrogens is 258 g/mol. The second kappa shape index (κ2) is 8.09. The molecule has 0 radical (unpaired) electrons. The maximum atomic E-state index is 8.64. The van der Waals surface area contributed by atoms with E-state index < -0.39 is 0 Å². The molecular formula is C15H23NO4. The van der Waals surface area contributed by atoms with Crippen LogP contribution in [0.25, 0.3) is 0 Å². The van der Waals surface area contributed by atoms with E-state index >= 15 is 0 Å². The lowest BCUT2D eigenvalue weighted by Crippen LogP contribution is -2.17. The number of para-hydroxylation sites is 1. The van der Waals surface area contributed by atoms with Crippen LogP contribution in [0.1, 0.15) is 18.4 Å². The van der Waals surface area contributed by atoms with Gasteiger partial charge in [0, 0.05) is 18.2 Å². The summed E-state index contributed by atoms with van der Waals surface area (Å²) >= 11 is 0. The summed E-state index contributed by atoms with van der Waals surface area (Å²) in [5, 5.41) is 12.1. The van der Waals surface area contributed by atoms with Crippen LogP contribution in [-0.4, -0.2) is 44.7 Å². The average molecular weight is 281 g/mol. The normalized spacial score (nSPS) is 14.3. The van der Waals surface area contributed by atoms with E-state index in [2.05, 4.69) is 5.32 Å². The molecule has 2 N–H and O–H groups in total. The Balaban J connectivity index is 1.91. The molecule has 1 aromatic carbocycles. The first-order valence-electron chi connectivity index (χ1n) is 7.06. The molecule has 1 aliphatic rings. The fourth-order valence-electron chi connectivity index (χ4n) is 1.94. The smallest absolute Gasteiger partial charge is 0.165 e. The third-order valence-electron chi connectivity index (χ3n) is 3.15. The van der Waals surface area contributed by atoms with E-state index in [0.29, 0.717) is 25.9 Å². The van der Waals surface area contributed by atoms with Crippen LogP contribution in [0.5, 0.6) is 11.5 Å². The van der Waals surface area contributed by atoms with Gasteiger partial charge in [-0.05, 0) is 18.9 Å². The van der Waals surface area contributed by atoms with Gasteiger partial charge in [-0.25, -0.2) is 0 Å². The Bertz CT molecular complexity index is 407. The quantitative estimate of drug-likeness (QED) is 0.634. The molecule has 2 rings (SSSR count). The Morgan fingerprint density at radius 2 is 2.10 bits per heavy atom. The highest BCUT2D eigenvalue weighted by molar-refractivity contribution is 5.46. The molecule has 112 valence electrons. The van der Waals surface area contributed by atoms with Gasteiger partial charge in [-0.15, -0.1) is 0 Å². The highest BCUT2D eigenvalue weighted by Gasteiger charge is 2.21. The van der Waals surface area contributed by atoms with Crippen molar-refractivity contribution in [2.45, 2.75) is 25.4 Å². The summed E-state index contributed by atoms with van der Waals surface area (Å²) < 4.78 is 16.3. The molecule has 5 heteroatoms. The Kier molecular flexibility index (Phi) is 6.11. The van der Waals surface area contributed by atoms with Crippen molar-refractivity contribution >= 4 is 0 Å². The van der Waals surface area contributed by atoms with E-state index in [4.69, 9.17) is 19.3 Å². The number of benzene rings is 1. The SMILES string of the molecule is COc1cccc(CNC2CC2)c1OCCOCCO. The van der Waals surface area contributed by atoms with Crippen molar-refractivity contribution < 1.29 is 19.3 Å². The first-order valence-corrected chi connectivity index (χ1v) is 7.06. The Morgan fingerprint density at radius 3 is 2.80 bits per heavy atom. The molecule has 0 saturated heterocycles. The summed E-state index contributed by atoms with van der Waals surface area (Å²) in [5.74, 6) is 1.51. The van der Waals surface area contributed by atoms with Gasteiger partial charge >= 0.3 is 0 Å². The zero-order valence-corrected chi connectivity index (χ0v) is 11.9. The third kappa shape index (κ3) is 4.67. The number of rotatable bonds is 10. The maximum absolute atomic E-state index is 8.64. The minimum atomic E-state index is 0.0330. The van der Waals surface area contributed by atoms with E-state index in [-0.39, 0.29) is 6.61 Å². The molecule has 0 atom stereocenters. The van der Waals surface area contributed by atoms with Crippen LogP contribution in [0.15, 0.2) is 18.2 Å². The Labute approximate surface area is 119 Å². The van der Waals surface area contributed by atoms with Crippen molar-refractivity contribution in [2.24, 2.45) is 0 Å². The van der Waals surface area contributed by atoms with Crippen LogP contribution in [0.4, 0.5) is 0 Å². The van der Waals surface area contributed by atoms with E-state index in [1.807, 2.05) is 18.2 Å². The number of hydrogen-bond donors (Lipinski definition) is 2. The van der Waals surface area contributed by atoms with Gasteiger partial charge in [-0.2, -0.15) is 0 Å². The molecule has 0 heterocycles. The first kappa shape index (κ1) is 15.1. The molecule has 0 bridgehead atoms. The highest BCUT2D eigenvalue weighted by atomic mass is 16.5. The van der Waals surface area contributed by atoms with Crippen molar-refractivity contribution in [3.05, 3.63) is 23.8 Å². The number of aliphatic hydroxyl groups excluding tert-OH is 1. The number of methoxy groups -OCH3 is 1. The molecule has 0 aromatic heterocycles. The van der Waals surface area contributed by atoms with Crippen molar-refractivity contribution in [3.63, 3.8) is 0 Å². The average Bonchev–Trinajstić information content (AvgIpc) is 3.29. The van der Waals surface area contributed by atoms with Gasteiger partial charge in [0.25, 0.3) is 0 Å². The van der Waals surface area contributed by atoms with Gasteiger partial charge in [0.05, 0.1) is 26.9 Å². The fourth-order valence-corrected chi connectivity index (χ4v) is 1.94. The monoisotopic (exact) mass is 281 g/mol. The summed E-state index contributed by atoms with van der Waals surface area (Å²) in [6.45, 7) is 2.05. The van der Waals surface area contributed by atoms with Gasteiger partial charge in [-0.3, -0.25) is 0 Å². The van der Waals surface area contributed by atoms with Crippen molar-refractivity contribution in [3.8, 4) is 11.5 Å². The second-order valence-corrected chi connectivity index (χ2v) is 4.79. The molecule has 1 fully saturated rings. The lowest BCUT2D eigenvalue weighted by Gasteiger charge is -2.15. The van der Waals surface area contributed by atoms with E-state index in [9.17, 15) is 0 Å². The third-order valence-corrected chi connectivity index (χ3v) is 3.15. The van der Waals surface area contributed by atoms with E-state index in [1.165, 1.54) is 12.8 Å². The fraction of sp³-hybridized carbons (Fsp3) is 0.600. The van der Waals surface area contributed by atoms with Gasteiger partial charge < -0.3 is 24.6 Å². The first-order chi connectivity index (χ1) is 9.85. The minimum absolute atomic E-state index is 0.0330. The number of ether oxygens (including phenoxy) is 3. The summed E-state index contributed by atoms with van der Waals surface area (Å²) in [6.07, 6.45) is 2.52. The van der Waals surface area contributed by atoms with Crippen LogP contribution >= 0.6 is 0 Å². The van der Waals surface area contributed by atoms with E-state index in [1.54, 1.807) is 7.11 Å². The zero-order chi connectivity index (χ0) is 14.2. The summed E-state index contributed by atoms with van der Waals surface area (Å²) in [4.78, 5) is 0. The summed E-state index contributed by atoms with van der Waals surface area (Å²) in [5.41, 5.74) is 1.10. The maximum Gasteiger partial charge on any atom is 0.165 e. The number of hydrogen-bond acceptors (Lipinski definition) is 5. The number of aliphatic hydroxyl groups is 1. The molecule has 1 aliphatic carbocycles. The predicted octanol–water partition coefficient (Wildman–Crippen LogP) is 1.33. The lowest BCUT2D eigenvalue weighted by atomic mass is 10.2. The molecule has 0 spiro atoms. The van der Waals surface area contributed by atoms with E-state index in [0.717, 1.165) is 23.6 Å². The molecule has 0 unspecified atom stereocenters. The van der Waals surface area contributed by atoms with Crippen LogP contribution in [0.2, 0.25) is 0 Å². The topological polar surface area (TPSA) is 60.0 Å². The Hall–Kier alpha value is -1.30. The molecule has 0 aliphatic heterocycles. The van der Waals surface area contributed by atoms with Crippen LogP contribution in [0, 0.1) is 0 Å². The molecule has 5 nitrogen and oxygen atoms in total. The molecule has 1 saturated carbocycles. The summed E-state index contributed by atoms with van der Waals surface area (Å²) in [6, 6.07) is 6.56. The zero-order valence-electron chi connectivity index (χ0n) is 11.9.